The smallest absolute Gasteiger partial charge is 0.293 e. The van der Waals surface area contributed by atoms with Crippen molar-refractivity contribution in [1.29, 1.82) is 0 Å². The Morgan fingerprint density at radius 2 is 1.89 bits per heavy atom. The van der Waals surface area contributed by atoms with Crippen LogP contribution in [0.2, 0.25) is 0 Å². The van der Waals surface area contributed by atoms with Crippen LogP contribution in [0.25, 0.3) is 22.6 Å². The summed E-state index contributed by atoms with van der Waals surface area (Å²) in [6.07, 6.45) is 0. The highest BCUT2D eigenvalue weighted by molar-refractivity contribution is 7.80. The summed E-state index contributed by atoms with van der Waals surface area (Å²) in [6.45, 7) is 6.06. The minimum atomic E-state index is -0.555. The molecular weight excluding hydrogens is 506 g/mol. The third-order valence-electron chi connectivity index (χ3n) is 6.20. The lowest BCUT2D eigenvalue weighted by molar-refractivity contribution is -0.384. The van der Waals surface area contributed by atoms with Gasteiger partial charge in [-0.15, -0.1) is 0 Å². The van der Waals surface area contributed by atoms with E-state index in [1.54, 1.807) is 18.2 Å². The molecule has 1 amide bonds. The van der Waals surface area contributed by atoms with E-state index in [2.05, 4.69) is 15.6 Å². The number of morpholine rings is 1. The molecule has 4 aromatic rings. The van der Waals surface area contributed by atoms with Gasteiger partial charge in [-0.2, -0.15) is 0 Å². The number of rotatable bonds is 5. The Bertz CT molecular complexity index is 1560. The summed E-state index contributed by atoms with van der Waals surface area (Å²) in [6, 6.07) is 15.7. The molecule has 3 aromatic carbocycles. The van der Waals surface area contributed by atoms with Crippen LogP contribution in [0, 0.1) is 24.0 Å². The van der Waals surface area contributed by atoms with Gasteiger partial charge < -0.3 is 19.4 Å². The van der Waals surface area contributed by atoms with Crippen molar-refractivity contribution in [3.05, 3.63) is 81.4 Å². The van der Waals surface area contributed by atoms with Gasteiger partial charge in [0, 0.05) is 36.0 Å². The fourth-order valence-corrected chi connectivity index (χ4v) is 4.66. The minimum absolute atomic E-state index is 0.0519. The van der Waals surface area contributed by atoms with Crippen LogP contribution in [-0.4, -0.2) is 47.2 Å². The highest BCUT2D eigenvalue weighted by Crippen LogP contribution is 2.31. The molecule has 1 aromatic heterocycles. The number of thiocarbonyl (C=S) groups is 1. The summed E-state index contributed by atoms with van der Waals surface area (Å²) in [5.41, 5.74) is 5.44. The van der Waals surface area contributed by atoms with E-state index in [0.717, 1.165) is 27.8 Å². The van der Waals surface area contributed by atoms with Gasteiger partial charge in [0.05, 0.1) is 18.1 Å². The number of ether oxygens (including phenoxy) is 1. The second-order valence-electron chi connectivity index (χ2n) is 9.00. The summed E-state index contributed by atoms with van der Waals surface area (Å²) in [7, 11) is 0. The van der Waals surface area contributed by atoms with Crippen molar-refractivity contribution in [3.63, 3.8) is 0 Å². The Hall–Kier alpha value is -4.35. The lowest BCUT2D eigenvalue weighted by Gasteiger charge is -2.28. The predicted molar refractivity (Wildman–Crippen MR) is 149 cm³/mol. The lowest BCUT2D eigenvalue weighted by Crippen LogP contribution is -2.37. The largest absolute Gasteiger partial charge is 0.436 e. The second-order valence-corrected chi connectivity index (χ2v) is 9.41. The number of carbonyl (C=O) groups is 1. The quantitative estimate of drug-likeness (QED) is 0.208. The van der Waals surface area contributed by atoms with Gasteiger partial charge in [-0.1, -0.05) is 12.1 Å². The Morgan fingerprint density at radius 3 is 2.66 bits per heavy atom. The van der Waals surface area contributed by atoms with Gasteiger partial charge in [0.2, 0.25) is 5.89 Å². The number of nitrogens with zero attached hydrogens (tertiary/aromatic N) is 3. The molecule has 194 valence electrons. The van der Waals surface area contributed by atoms with E-state index in [1.807, 2.05) is 49.1 Å². The van der Waals surface area contributed by atoms with Crippen molar-refractivity contribution >= 4 is 51.4 Å². The molecule has 0 unspecified atom stereocenters. The van der Waals surface area contributed by atoms with E-state index in [-0.39, 0.29) is 16.4 Å². The average Bonchev–Trinajstić information content (AvgIpc) is 3.33. The number of hydrogen-bond donors (Lipinski definition) is 2. The average molecular weight is 532 g/mol. The van der Waals surface area contributed by atoms with Crippen LogP contribution >= 0.6 is 12.2 Å². The van der Waals surface area contributed by atoms with Crippen molar-refractivity contribution < 1.29 is 18.9 Å². The van der Waals surface area contributed by atoms with E-state index >= 15 is 0 Å². The van der Waals surface area contributed by atoms with Crippen LogP contribution in [0.4, 0.5) is 17.1 Å². The number of oxazole rings is 1. The molecule has 0 atom stereocenters. The molecule has 5 rings (SSSR count). The van der Waals surface area contributed by atoms with Crippen LogP contribution in [0.15, 0.2) is 59.0 Å². The monoisotopic (exact) mass is 531 g/mol. The zero-order valence-electron chi connectivity index (χ0n) is 20.8. The number of nitro groups is 1. The first-order valence-corrected chi connectivity index (χ1v) is 12.4. The van der Waals surface area contributed by atoms with Crippen molar-refractivity contribution in [2.75, 3.05) is 36.5 Å². The van der Waals surface area contributed by atoms with Gasteiger partial charge in [-0.25, -0.2) is 4.98 Å². The minimum Gasteiger partial charge on any atom is -0.436 e. The summed E-state index contributed by atoms with van der Waals surface area (Å²) in [5.74, 6) is -0.0833. The number of hydrogen-bond acceptors (Lipinski definition) is 8. The van der Waals surface area contributed by atoms with Gasteiger partial charge in [0.15, 0.2) is 10.7 Å². The third-order valence-corrected chi connectivity index (χ3v) is 6.40. The van der Waals surface area contributed by atoms with Gasteiger partial charge in [0.1, 0.15) is 11.2 Å². The molecule has 2 N–H and O–H groups in total. The maximum Gasteiger partial charge on any atom is 0.293 e. The number of aryl methyl sites for hydroxylation is 2. The number of anilines is 2. The van der Waals surface area contributed by atoms with E-state index in [9.17, 15) is 14.9 Å². The Balaban J connectivity index is 1.29. The van der Waals surface area contributed by atoms with Crippen LogP contribution in [-0.2, 0) is 4.74 Å². The molecule has 0 radical (unpaired) electrons. The van der Waals surface area contributed by atoms with Crippen molar-refractivity contribution in [2.45, 2.75) is 13.8 Å². The zero-order valence-corrected chi connectivity index (χ0v) is 21.6. The molecule has 0 aliphatic carbocycles. The van der Waals surface area contributed by atoms with Crippen molar-refractivity contribution in [3.8, 4) is 11.5 Å². The van der Waals surface area contributed by atoms with E-state index < -0.39 is 10.8 Å². The van der Waals surface area contributed by atoms with Gasteiger partial charge in [-0.3, -0.25) is 20.2 Å². The number of amides is 1. The molecule has 1 aliphatic rings. The first kappa shape index (κ1) is 25.3. The number of benzene rings is 3. The summed E-state index contributed by atoms with van der Waals surface area (Å²) in [5, 5.41) is 17.3. The molecule has 38 heavy (non-hydrogen) atoms. The maximum absolute atomic E-state index is 12.8. The zero-order chi connectivity index (χ0) is 26.8. The van der Waals surface area contributed by atoms with Gasteiger partial charge in [-0.05, 0) is 73.6 Å². The standard InChI is InChI=1S/C27H25N5O5S/c1-16-12-17(2)24-21(13-16)29-26(37-24)19-4-3-5-20(14-19)28-27(38)30-25(33)18-6-7-22(23(15-18)32(34)35)31-8-10-36-11-9-31/h3-7,12-15H,8-11H2,1-2H3,(H2,28,30,33,38). The highest BCUT2D eigenvalue weighted by Gasteiger charge is 2.23. The van der Waals surface area contributed by atoms with E-state index in [0.29, 0.717) is 43.6 Å². The SMILES string of the molecule is Cc1cc(C)c2oc(-c3cccc(NC(=S)NC(=O)c4ccc(N5CCOCC5)c([N+](=O)[O-])c4)c3)nc2c1. The number of nitrogens with one attached hydrogen (secondary N) is 2. The normalized spacial score (nSPS) is 13.4. The number of fused-ring (bicyclic) bond motifs is 1. The second kappa shape index (κ2) is 10.6. The molecule has 0 saturated carbocycles. The van der Waals surface area contributed by atoms with E-state index in [1.165, 1.54) is 6.07 Å². The molecule has 0 bridgehead atoms. The summed E-state index contributed by atoms with van der Waals surface area (Å²) in [4.78, 5) is 30.5. The van der Waals surface area contributed by atoms with Gasteiger partial charge >= 0.3 is 0 Å². The highest BCUT2D eigenvalue weighted by atomic mass is 32.1. The molecular formula is C27H25N5O5S. The number of aromatic nitrogens is 1. The molecule has 1 fully saturated rings. The Kier molecular flexibility index (Phi) is 7.03. The molecule has 0 spiro atoms. The topological polar surface area (TPSA) is 123 Å². The van der Waals surface area contributed by atoms with E-state index in [4.69, 9.17) is 21.4 Å². The predicted octanol–water partition coefficient (Wildman–Crippen LogP) is 4.98. The Morgan fingerprint density at radius 1 is 1.11 bits per heavy atom. The molecule has 10 nitrogen and oxygen atoms in total. The molecule has 1 aliphatic heterocycles. The summed E-state index contributed by atoms with van der Waals surface area (Å²) >= 11 is 5.33. The third kappa shape index (κ3) is 5.34. The molecule has 1 saturated heterocycles. The number of nitro benzene ring substituents is 1. The van der Waals surface area contributed by atoms with Crippen LogP contribution in [0.5, 0.6) is 0 Å². The van der Waals surface area contributed by atoms with Gasteiger partial charge in [0.25, 0.3) is 11.6 Å². The fourth-order valence-electron chi connectivity index (χ4n) is 4.45. The van der Waals surface area contributed by atoms with Crippen LogP contribution in [0.1, 0.15) is 21.5 Å². The fraction of sp³-hybridized carbons (Fsp3) is 0.222. The first-order valence-electron chi connectivity index (χ1n) is 12.0. The van der Waals surface area contributed by atoms with Crippen LogP contribution < -0.4 is 15.5 Å². The molecule has 11 heteroatoms. The maximum atomic E-state index is 12.8. The first-order chi connectivity index (χ1) is 18.3. The van der Waals surface area contributed by atoms with Crippen LogP contribution in [0.3, 0.4) is 0 Å². The van der Waals surface area contributed by atoms with Crippen molar-refractivity contribution in [2.24, 2.45) is 0 Å². The van der Waals surface area contributed by atoms with Crippen molar-refractivity contribution in [1.82, 2.24) is 10.3 Å². The lowest BCUT2D eigenvalue weighted by atomic mass is 10.1. The number of carbonyl (C=O) groups excluding carboxylic acids is 1. The Labute approximate surface area is 223 Å². The summed E-state index contributed by atoms with van der Waals surface area (Å²) < 4.78 is 11.3. The molecule has 2 heterocycles.